The molecule has 1 fully saturated rings. The number of carbonyl (C=O) groups is 1. The van der Waals surface area contributed by atoms with Crippen LogP contribution in [-0.2, 0) is 9.53 Å². The van der Waals surface area contributed by atoms with Gasteiger partial charge in [-0.05, 0) is 38.7 Å². The molecule has 2 nitrogen and oxygen atoms in total. The van der Waals surface area contributed by atoms with E-state index in [0.29, 0.717) is 5.57 Å². The van der Waals surface area contributed by atoms with Gasteiger partial charge in [0.15, 0.2) is 0 Å². The van der Waals surface area contributed by atoms with E-state index >= 15 is 0 Å². The van der Waals surface area contributed by atoms with Crippen LogP contribution in [0.4, 0.5) is 0 Å². The predicted octanol–water partition coefficient (Wildman–Crippen LogP) is 2.19. The van der Waals surface area contributed by atoms with E-state index in [9.17, 15) is 4.79 Å². The molecule has 2 aliphatic rings. The molecular formula is C10H14O2. The molecule has 1 aliphatic heterocycles. The summed E-state index contributed by atoms with van der Waals surface area (Å²) < 4.78 is 12.5. The Bertz CT molecular complexity index is 252. The van der Waals surface area contributed by atoms with Gasteiger partial charge in [-0.25, -0.2) is 4.79 Å². The molecule has 0 amide bonds. The second kappa shape index (κ2) is 2.61. The van der Waals surface area contributed by atoms with Crippen LogP contribution in [0.2, 0.25) is 0 Å². The Morgan fingerprint density at radius 1 is 1.50 bits per heavy atom. The van der Waals surface area contributed by atoms with Crippen LogP contribution in [0.5, 0.6) is 0 Å². The van der Waals surface area contributed by atoms with Gasteiger partial charge in [0.05, 0.1) is 0 Å². The molecule has 66 valence electrons. The highest BCUT2D eigenvalue weighted by Crippen LogP contribution is 2.37. The van der Waals surface area contributed by atoms with Gasteiger partial charge in [-0.2, -0.15) is 0 Å². The van der Waals surface area contributed by atoms with Crippen molar-refractivity contribution < 1.29 is 10.9 Å². The lowest BCUT2D eigenvalue weighted by Gasteiger charge is -2.30. The lowest BCUT2D eigenvalue weighted by Crippen LogP contribution is -2.30. The summed E-state index contributed by atoms with van der Waals surface area (Å²) in [7, 11) is 0. The minimum Gasteiger partial charge on any atom is -0.451 e. The number of ether oxygens (including phenoxy) is 1. The summed E-state index contributed by atoms with van der Waals surface area (Å²) in [6.07, 6.45) is 7.29. The van der Waals surface area contributed by atoms with E-state index < -0.39 is 0 Å². The third-order valence-corrected chi connectivity index (χ3v) is 2.70. The molecule has 0 N–H and O–H groups in total. The summed E-state index contributed by atoms with van der Waals surface area (Å²) in [5.41, 5.74) is 0.230. The molecule has 1 spiro atoms. The second-order valence-corrected chi connectivity index (χ2v) is 3.68. The summed E-state index contributed by atoms with van der Waals surface area (Å²) in [6, 6.07) is 0. The molecular weight excluding hydrogens is 152 g/mol. The molecule has 1 heterocycles. The Balaban J connectivity index is 2.17. The van der Waals surface area contributed by atoms with Crippen LogP contribution in [0.25, 0.3) is 0 Å². The van der Waals surface area contributed by atoms with Crippen LogP contribution in [0, 0.1) is 0 Å². The summed E-state index contributed by atoms with van der Waals surface area (Å²) in [5, 5.41) is 0. The minimum atomic E-state index is -0.314. The third-order valence-electron chi connectivity index (χ3n) is 2.70. The van der Waals surface area contributed by atoms with Crippen molar-refractivity contribution >= 4 is 5.97 Å². The van der Waals surface area contributed by atoms with E-state index in [1.165, 1.54) is 6.42 Å². The highest BCUT2D eigenvalue weighted by atomic mass is 16.6. The smallest absolute Gasteiger partial charge is 0.334 e. The minimum absolute atomic E-state index is 0.0561. The zero-order valence-corrected chi connectivity index (χ0v) is 7.14. The largest absolute Gasteiger partial charge is 0.451 e. The lowest BCUT2D eigenvalue weighted by atomic mass is 9.85. The van der Waals surface area contributed by atoms with Gasteiger partial charge in [-0.3, -0.25) is 0 Å². The van der Waals surface area contributed by atoms with Crippen molar-refractivity contribution in [1.82, 2.24) is 0 Å². The zero-order chi connectivity index (χ0) is 9.31. The van der Waals surface area contributed by atoms with Crippen molar-refractivity contribution in [2.45, 2.75) is 44.6 Å². The first-order chi connectivity index (χ1) is 6.26. The van der Waals surface area contributed by atoms with Crippen LogP contribution in [0.3, 0.4) is 0 Å². The van der Waals surface area contributed by atoms with Gasteiger partial charge in [0.1, 0.15) is 5.60 Å². The monoisotopic (exact) mass is 167 g/mol. The first kappa shape index (κ1) is 6.70. The molecule has 0 aromatic carbocycles. The number of carbonyl (C=O) groups excluding carboxylic acids is 1. The number of hydrogen-bond donors (Lipinski definition) is 0. The van der Waals surface area contributed by atoms with Crippen molar-refractivity contribution in [3.63, 3.8) is 0 Å². The molecule has 0 unspecified atom stereocenters. The number of hydrogen-bond acceptors (Lipinski definition) is 2. The fraction of sp³-hybridized carbons (Fsp3) is 0.700. The Morgan fingerprint density at radius 3 is 2.83 bits per heavy atom. The normalized spacial score (nSPS) is 28.2. The van der Waals surface area contributed by atoms with Crippen molar-refractivity contribution in [2.24, 2.45) is 0 Å². The quantitative estimate of drug-likeness (QED) is 0.517. The summed E-state index contributed by atoms with van der Waals surface area (Å²) in [5.74, 6) is -0.267. The first-order valence-electron chi connectivity index (χ1n) is 5.21. The number of esters is 1. The standard InChI is InChI=1S/C10H14O2/c1-8-7-10(12-9(8)11)5-3-2-4-6-10/h7H,2-6H2,1H3/i1D. The number of rotatable bonds is 0. The highest BCUT2D eigenvalue weighted by Gasteiger charge is 2.39. The van der Waals surface area contributed by atoms with Gasteiger partial charge in [0.25, 0.3) is 0 Å². The molecule has 1 saturated carbocycles. The highest BCUT2D eigenvalue weighted by molar-refractivity contribution is 5.90. The van der Waals surface area contributed by atoms with Gasteiger partial charge in [-0.15, -0.1) is 0 Å². The van der Waals surface area contributed by atoms with Gasteiger partial charge in [-0.1, -0.05) is 6.42 Å². The maximum atomic E-state index is 11.3. The van der Waals surface area contributed by atoms with E-state index in [-0.39, 0.29) is 18.5 Å². The molecule has 0 aromatic heterocycles. The average Bonchev–Trinajstić information content (AvgIpc) is 2.44. The molecule has 0 aromatic rings. The van der Waals surface area contributed by atoms with E-state index in [4.69, 9.17) is 6.11 Å². The van der Waals surface area contributed by atoms with Gasteiger partial charge < -0.3 is 4.74 Å². The van der Waals surface area contributed by atoms with Gasteiger partial charge >= 0.3 is 5.97 Å². The molecule has 2 rings (SSSR count). The molecule has 0 saturated heterocycles. The van der Waals surface area contributed by atoms with Crippen LogP contribution in [0.15, 0.2) is 11.6 Å². The first-order valence-corrected chi connectivity index (χ1v) is 4.50. The molecule has 0 radical (unpaired) electrons. The Kier molecular flexibility index (Phi) is 1.46. The van der Waals surface area contributed by atoms with Gasteiger partial charge in [0.2, 0.25) is 0 Å². The molecule has 0 atom stereocenters. The van der Waals surface area contributed by atoms with E-state index in [0.717, 1.165) is 25.7 Å². The maximum absolute atomic E-state index is 11.3. The third kappa shape index (κ3) is 1.15. The Hall–Kier alpha value is -0.790. The van der Waals surface area contributed by atoms with Crippen molar-refractivity contribution in [3.8, 4) is 0 Å². The van der Waals surface area contributed by atoms with Gasteiger partial charge in [0, 0.05) is 6.94 Å². The predicted molar refractivity (Wildman–Crippen MR) is 45.7 cm³/mol. The van der Waals surface area contributed by atoms with E-state index in [1.54, 1.807) is 0 Å². The van der Waals surface area contributed by atoms with Crippen molar-refractivity contribution in [1.29, 1.82) is 0 Å². The fourth-order valence-corrected chi connectivity index (χ4v) is 2.05. The van der Waals surface area contributed by atoms with Crippen molar-refractivity contribution in [3.05, 3.63) is 11.6 Å². The van der Waals surface area contributed by atoms with E-state index in [2.05, 4.69) is 0 Å². The molecule has 0 bridgehead atoms. The van der Waals surface area contributed by atoms with Crippen molar-refractivity contribution in [2.75, 3.05) is 0 Å². The van der Waals surface area contributed by atoms with Crippen LogP contribution >= 0.6 is 0 Å². The lowest BCUT2D eigenvalue weighted by molar-refractivity contribution is -0.148. The Morgan fingerprint density at radius 2 is 2.25 bits per heavy atom. The zero-order valence-electron chi connectivity index (χ0n) is 8.14. The Labute approximate surface area is 74.0 Å². The fourth-order valence-electron chi connectivity index (χ4n) is 2.05. The maximum Gasteiger partial charge on any atom is 0.334 e. The topological polar surface area (TPSA) is 26.3 Å². The summed E-state index contributed by atoms with van der Waals surface area (Å²) in [4.78, 5) is 11.3. The molecule has 1 aliphatic carbocycles. The summed E-state index contributed by atoms with van der Waals surface area (Å²) in [6.45, 7) is 0.0561. The van der Waals surface area contributed by atoms with Crippen LogP contribution in [0.1, 0.15) is 40.4 Å². The van der Waals surface area contributed by atoms with E-state index in [1.807, 2.05) is 6.08 Å². The summed E-state index contributed by atoms with van der Waals surface area (Å²) >= 11 is 0. The average molecular weight is 167 g/mol. The van der Waals surface area contributed by atoms with Crippen LogP contribution in [-0.4, -0.2) is 11.6 Å². The van der Waals surface area contributed by atoms with Crippen LogP contribution < -0.4 is 0 Å². The second-order valence-electron chi connectivity index (χ2n) is 3.68. The SMILES string of the molecule is [2H]CC1=CC2(CCCCC2)OC1=O. The molecule has 2 heteroatoms. The molecule has 12 heavy (non-hydrogen) atoms.